The topological polar surface area (TPSA) is 70.7 Å². The zero-order valence-corrected chi connectivity index (χ0v) is 18.4. The first-order valence-corrected chi connectivity index (χ1v) is 11.1. The van der Waals surface area contributed by atoms with Crippen molar-refractivity contribution in [3.05, 3.63) is 101 Å². The molecule has 0 aliphatic heterocycles. The predicted molar refractivity (Wildman–Crippen MR) is 127 cm³/mol. The van der Waals surface area contributed by atoms with Gasteiger partial charge in [-0.05, 0) is 54.1 Å². The Hall–Kier alpha value is -3.48. The average Bonchev–Trinajstić information content (AvgIpc) is 3.12. The smallest absolute Gasteiger partial charge is 0.219 e. The van der Waals surface area contributed by atoms with Crippen LogP contribution in [-0.2, 0) is 6.42 Å². The molecule has 0 saturated carbocycles. The van der Waals surface area contributed by atoms with E-state index < -0.39 is 0 Å². The summed E-state index contributed by atoms with van der Waals surface area (Å²) in [6.07, 6.45) is 2.28. The van der Waals surface area contributed by atoms with Crippen LogP contribution in [0.5, 0.6) is 11.6 Å². The Morgan fingerprint density at radius 1 is 0.844 bits per heavy atom. The van der Waals surface area contributed by atoms with Crippen LogP contribution in [0.15, 0.2) is 95.0 Å². The Morgan fingerprint density at radius 2 is 1.56 bits per heavy atom. The zero-order chi connectivity index (χ0) is 22.1. The molecule has 2 aromatic heterocycles. The third-order valence-corrected chi connectivity index (χ3v) is 6.25. The number of aromatic nitrogens is 3. The lowest BCUT2D eigenvalue weighted by Gasteiger charge is -2.08. The Morgan fingerprint density at radius 3 is 2.28 bits per heavy atom. The highest BCUT2D eigenvalue weighted by molar-refractivity contribution is 7.99. The number of aromatic hydroxyl groups is 2. The van der Waals surface area contributed by atoms with Gasteiger partial charge in [0.2, 0.25) is 5.88 Å². The third-order valence-electron chi connectivity index (χ3n) is 5.03. The molecule has 5 nitrogen and oxygen atoms in total. The van der Waals surface area contributed by atoms with E-state index in [1.807, 2.05) is 54.6 Å². The van der Waals surface area contributed by atoms with Crippen molar-refractivity contribution in [3.63, 3.8) is 0 Å². The number of hydrogen-bond acceptors (Lipinski definition) is 5. The van der Waals surface area contributed by atoms with Crippen molar-refractivity contribution in [2.24, 2.45) is 0 Å². The fourth-order valence-electron chi connectivity index (χ4n) is 3.42. The number of benzene rings is 3. The number of imidazole rings is 1. The van der Waals surface area contributed by atoms with E-state index in [0.717, 1.165) is 16.0 Å². The van der Waals surface area contributed by atoms with Crippen LogP contribution in [0.3, 0.4) is 0 Å². The second kappa shape index (κ2) is 8.57. The quantitative estimate of drug-likeness (QED) is 0.327. The lowest BCUT2D eigenvalue weighted by molar-refractivity contribution is 0.442. The highest BCUT2D eigenvalue weighted by atomic mass is 35.5. The van der Waals surface area contributed by atoms with Crippen LogP contribution in [0.2, 0.25) is 5.02 Å². The maximum absolute atomic E-state index is 11.0. The molecule has 0 spiro atoms. The predicted octanol–water partition coefficient (Wildman–Crippen LogP) is 6.20. The number of nitrogens with zero attached hydrogens (tertiary/aromatic N) is 3. The van der Waals surface area contributed by atoms with Crippen LogP contribution in [0.25, 0.3) is 16.9 Å². The van der Waals surface area contributed by atoms with Crippen LogP contribution in [0.4, 0.5) is 0 Å². The van der Waals surface area contributed by atoms with Gasteiger partial charge in [0.05, 0.1) is 5.69 Å². The monoisotopic (exact) mass is 459 g/mol. The molecule has 7 heteroatoms. The summed E-state index contributed by atoms with van der Waals surface area (Å²) in [6.45, 7) is 0. The molecule has 0 amide bonds. The molecule has 3 aromatic carbocycles. The lowest BCUT2D eigenvalue weighted by Crippen LogP contribution is -1.95. The van der Waals surface area contributed by atoms with Gasteiger partial charge >= 0.3 is 0 Å². The molecule has 0 saturated heterocycles. The Kier molecular flexibility index (Phi) is 5.47. The molecule has 5 aromatic rings. The van der Waals surface area contributed by atoms with Gasteiger partial charge in [0.15, 0.2) is 5.65 Å². The first-order chi connectivity index (χ1) is 15.6. The van der Waals surface area contributed by atoms with Crippen LogP contribution in [-0.4, -0.2) is 24.6 Å². The number of hydrogen-bond donors (Lipinski definition) is 2. The van der Waals surface area contributed by atoms with E-state index in [2.05, 4.69) is 0 Å². The summed E-state index contributed by atoms with van der Waals surface area (Å²) in [7, 11) is 0. The van der Waals surface area contributed by atoms with E-state index in [0.29, 0.717) is 33.5 Å². The van der Waals surface area contributed by atoms with Gasteiger partial charge in [-0.3, -0.25) is 4.40 Å². The lowest BCUT2D eigenvalue weighted by atomic mass is 10.1. The van der Waals surface area contributed by atoms with Crippen LogP contribution in [0, 0.1) is 0 Å². The average molecular weight is 460 g/mol. The fraction of sp³-hybridized carbons (Fsp3) is 0.0400. The minimum absolute atomic E-state index is 0.0873. The summed E-state index contributed by atoms with van der Waals surface area (Å²) in [5, 5.41) is 22.0. The minimum Gasteiger partial charge on any atom is -0.508 e. The molecule has 32 heavy (non-hydrogen) atoms. The molecule has 2 N–H and O–H groups in total. The number of phenolic OH excluding ortho intramolecular Hbond substituents is 1. The first-order valence-electron chi connectivity index (χ1n) is 9.94. The van der Waals surface area contributed by atoms with Crippen molar-refractivity contribution in [2.45, 2.75) is 16.3 Å². The molecule has 5 rings (SSSR count). The summed E-state index contributed by atoms with van der Waals surface area (Å²) in [6, 6.07) is 24.2. The fourth-order valence-corrected chi connectivity index (χ4v) is 4.42. The minimum atomic E-state index is 0.0873. The standard InChI is InChI=1S/C25H18ClN3O2S/c26-18-8-12-20(13-9-18)32-24-23-27-21(14-16-4-2-1-3-5-16)25(31)29(23)15-22(28-24)17-6-10-19(30)11-7-17/h1-13,15,30-31H,14H2. The molecule has 0 bridgehead atoms. The summed E-state index contributed by atoms with van der Waals surface area (Å²) < 4.78 is 1.67. The van der Waals surface area contributed by atoms with Gasteiger partial charge in [0.1, 0.15) is 16.5 Å². The van der Waals surface area contributed by atoms with Gasteiger partial charge in [0.25, 0.3) is 0 Å². The summed E-state index contributed by atoms with van der Waals surface area (Å²) in [5.74, 6) is 0.269. The van der Waals surface area contributed by atoms with E-state index in [1.165, 1.54) is 11.8 Å². The largest absolute Gasteiger partial charge is 0.508 e. The molecular weight excluding hydrogens is 442 g/mol. The third kappa shape index (κ3) is 4.15. The van der Waals surface area contributed by atoms with Gasteiger partial charge < -0.3 is 10.2 Å². The Balaban J connectivity index is 1.64. The molecule has 0 aliphatic carbocycles. The first kappa shape index (κ1) is 20.4. The highest BCUT2D eigenvalue weighted by Gasteiger charge is 2.18. The van der Waals surface area contributed by atoms with Crippen molar-refractivity contribution in [1.82, 2.24) is 14.4 Å². The molecule has 0 radical (unpaired) electrons. The van der Waals surface area contributed by atoms with Gasteiger partial charge in [-0.1, -0.05) is 53.7 Å². The number of fused-ring (bicyclic) bond motifs is 1. The number of phenols is 1. The van der Waals surface area contributed by atoms with E-state index in [-0.39, 0.29) is 11.6 Å². The highest BCUT2D eigenvalue weighted by Crippen LogP contribution is 2.35. The summed E-state index contributed by atoms with van der Waals surface area (Å²) >= 11 is 7.49. The maximum atomic E-state index is 11.0. The van der Waals surface area contributed by atoms with Crippen LogP contribution >= 0.6 is 23.4 Å². The summed E-state index contributed by atoms with van der Waals surface area (Å²) in [5.41, 5.74) is 3.70. The van der Waals surface area contributed by atoms with Crippen molar-refractivity contribution in [3.8, 4) is 22.9 Å². The van der Waals surface area contributed by atoms with Crippen molar-refractivity contribution >= 4 is 29.0 Å². The number of halogens is 1. The molecule has 0 aliphatic rings. The van der Waals surface area contributed by atoms with Crippen molar-refractivity contribution < 1.29 is 10.2 Å². The normalized spacial score (nSPS) is 11.2. The second-order valence-corrected chi connectivity index (χ2v) is 8.77. The molecule has 2 heterocycles. The molecule has 0 atom stereocenters. The second-order valence-electron chi connectivity index (χ2n) is 7.27. The van der Waals surface area contributed by atoms with Crippen molar-refractivity contribution in [2.75, 3.05) is 0 Å². The van der Waals surface area contributed by atoms with E-state index in [1.54, 1.807) is 34.9 Å². The van der Waals surface area contributed by atoms with E-state index in [9.17, 15) is 10.2 Å². The molecule has 0 unspecified atom stereocenters. The van der Waals surface area contributed by atoms with Crippen molar-refractivity contribution in [1.29, 1.82) is 0 Å². The number of rotatable bonds is 5. The summed E-state index contributed by atoms with van der Waals surface area (Å²) in [4.78, 5) is 10.5. The van der Waals surface area contributed by atoms with Gasteiger partial charge in [0, 0.05) is 28.1 Å². The molecule has 0 fully saturated rings. The Labute approximate surface area is 194 Å². The molecule has 158 valence electrons. The SMILES string of the molecule is Oc1ccc(-c2cn3c(O)c(Cc4ccccc4)nc3c(Sc3ccc(Cl)cc3)n2)cc1. The molecular formula is C25H18ClN3O2S. The van der Waals surface area contributed by atoms with E-state index >= 15 is 0 Å². The Bertz CT molecular complexity index is 1390. The van der Waals surface area contributed by atoms with E-state index in [4.69, 9.17) is 21.6 Å². The maximum Gasteiger partial charge on any atom is 0.219 e. The van der Waals surface area contributed by atoms with Gasteiger partial charge in [-0.15, -0.1) is 0 Å². The van der Waals surface area contributed by atoms with Gasteiger partial charge in [-0.25, -0.2) is 9.97 Å². The van der Waals surface area contributed by atoms with Crippen LogP contribution < -0.4 is 0 Å². The van der Waals surface area contributed by atoms with Gasteiger partial charge in [-0.2, -0.15) is 0 Å². The zero-order valence-electron chi connectivity index (χ0n) is 16.8. The van der Waals surface area contributed by atoms with Crippen LogP contribution in [0.1, 0.15) is 11.3 Å².